The summed E-state index contributed by atoms with van der Waals surface area (Å²) in [4.78, 5) is 20.6. The van der Waals surface area contributed by atoms with Crippen LogP contribution in [0.2, 0.25) is 0 Å². The fourth-order valence-electron chi connectivity index (χ4n) is 4.23. The molecule has 0 aliphatic heterocycles. The van der Waals surface area contributed by atoms with Gasteiger partial charge in [-0.05, 0) is 115 Å². The molecule has 0 aliphatic carbocycles. The van der Waals surface area contributed by atoms with E-state index in [1.165, 1.54) is 14.7 Å². The van der Waals surface area contributed by atoms with Crippen LogP contribution in [0.15, 0.2) is 71.3 Å². The van der Waals surface area contributed by atoms with Crippen LogP contribution in [0.25, 0.3) is 0 Å². The summed E-state index contributed by atoms with van der Waals surface area (Å²) >= 11 is 5.86. The third kappa shape index (κ3) is 5.83. The first kappa shape index (κ1) is 26.0. The van der Waals surface area contributed by atoms with E-state index < -0.39 is 0 Å². The summed E-state index contributed by atoms with van der Waals surface area (Å²) in [5, 5.41) is 0. The molecule has 0 spiro atoms. The maximum atomic E-state index is 13.7. The van der Waals surface area contributed by atoms with Crippen molar-refractivity contribution in [3.8, 4) is 0 Å². The second kappa shape index (κ2) is 9.74. The van der Waals surface area contributed by atoms with Gasteiger partial charge in [0.25, 0.3) is 0 Å². The largest absolute Gasteiger partial charge is 0.355 e. The Bertz CT molecular complexity index is 1320. The Morgan fingerprint density at radius 1 is 0.771 bits per heavy atom. The lowest BCUT2D eigenvalue weighted by Crippen LogP contribution is -2.18. The molecular formula is C30H32BrIN2O. The zero-order valence-electron chi connectivity index (χ0n) is 21.1. The molecule has 1 atom stereocenters. The molecule has 0 saturated carbocycles. The van der Waals surface area contributed by atoms with Crippen LogP contribution in [-0.2, 0) is 10.8 Å². The smallest absolute Gasteiger partial charge is 0.209 e. The normalized spacial score (nSPS) is 13.1. The fourth-order valence-corrected chi connectivity index (χ4v) is 4.95. The van der Waals surface area contributed by atoms with Crippen LogP contribution in [0.3, 0.4) is 0 Å². The first-order chi connectivity index (χ1) is 16.3. The predicted octanol–water partition coefficient (Wildman–Crippen LogP) is 8.72. The van der Waals surface area contributed by atoms with Gasteiger partial charge in [-0.1, -0.05) is 59.7 Å². The topological polar surface area (TPSA) is 48.6 Å². The monoisotopic (exact) mass is 642 g/mol. The fraction of sp³-hybridized carbons (Fsp3) is 0.300. The molecule has 2 aromatic heterocycles. The van der Waals surface area contributed by atoms with Crippen LogP contribution in [0.1, 0.15) is 91.6 Å². The van der Waals surface area contributed by atoms with Gasteiger partial charge in [-0.2, -0.15) is 0 Å². The van der Waals surface area contributed by atoms with Gasteiger partial charge in [-0.3, -0.25) is 4.79 Å². The number of aromatic nitrogens is 2. The standard InChI is InChI=1S/C30H32BrIN2O/c1-29(2,3)20-15-19(16-21(17-20)30(4,5)6)28(35)25-12-11-23(33-25)27(24-13-14-26(31)34-24)18-7-9-22(32)10-8-18/h7-17,27,33-34H,1-6H3. The third-order valence-corrected chi connectivity index (χ3v) is 7.56. The van der Waals surface area contributed by atoms with Crippen LogP contribution < -0.4 is 0 Å². The Balaban J connectivity index is 1.76. The van der Waals surface area contributed by atoms with E-state index >= 15 is 0 Å². The Labute approximate surface area is 230 Å². The molecule has 0 saturated heterocycles. The number of hydrogen-bond donors (Lipinski definition) is 2. The quantitative estimate of drug-likeness (QED) is 0.166. The summed E-state index contributed by atoms with van der Waals surface area (Å²) in [6, 6.07) is 22.9. The number of rotatable bonds is 5. The van der Waals surface area contributed by atoms with E-state index in [9.17, 15) is 4.79 Å². The van der Waals surface area contributed by atoms with Gasteiger partial charge < -0.3 is 9.97 Å². The molecule has 0 fully saturated rings. The van der Waals surface area contributed by atoms with Crippen molar-refractivity contribution in [2.45, 2.75) is 58.3 Å². The second-order valence-corrected chi connectivity index (χ2v) is 13.3. The highest BCUT2D eigenvalue weighted by Gasteiger charge is 2.25. The summed E-state index contributed by atoms with van der Waals surface area (Å²) in [6.45, 7) is 13.1. The molecule has 2 N–H and O–H groups in total. The zero-order valence-corrected chi connectivity index (χ0v) is 24.8. The number of nitrogens with one attached hydrogen (secondary N) is 2. The molecule has 182 valence electrons. The maximum Gasteiger partial charge on any atom is 0.209 e. The van der Waals surface area contributed by atoms with E-state index in [1.807, 2.05) is 18.2 Å². The van der Waals surface area contributed by atoms with Crippen molar-refractivity contribution in [3.63, 3.8) is 0 Å². The van der Waals surface area contributed by atoms with Gasteiger partial charge >= 0.3 is 0 Å². The SMILES string of the molecule is CC(C)(C)c1cc(C(=O)c2ccc(C(c3ccc(I)cc3)c3ccc(Br)[nH]3)[nH]2)cc(C(C)(C)C)c1. The lowest BCUT2D eigenvalue weighted by atomic mass is 9.79. The van der Waals surface area contributed by atoms with Crippen LogP contribution in [0, 0.1) is 3.57 Å². The molecule has 5 heteroatoms. The minimum atomic E-state index is -0.0475. The van der Waals surface area contributed by atoms with Crippen molar-refractivity contribution in [1.29, 1.82) is 0 Å². The third-order valence-electron chi connectivity index (χ3n) is 6.38. The lowest BCUT2D eigenvalue weighted by Gasteiger charge is -2.26. The zero-order chi connectivity index (χ0) is 25.5. The Kier molecular flexibility index (Phi) is 7.22. The number of carbonyl (C=O) groups is 1. The highest BCUT2D eigenvalue weighted by atomic mass is 127. The second-order valence-electron chi connectivity index (χ2n) is 11.2. The first-order valence-corrected chi connectivity index (χ1v) is 13.7. The first-order valence-electron chi connectivity index (χ1n) is 11.8. The average Bonchev–Trinajstić information content (AvgIpc) is 3.43. The Hall–Kier alpha value is -2.12. The highest BCUT2D eigenvalue weighted by molar-refractivity contribution is 14.1. The predicted molar refractivity (Wildman–Crippen MR) is 157 cm³/mol. The maximum absolute atomic E-state index is 13.7. The summed E-state index contributed by atoms with van der Waals surface area (Å²) in [5.41, 5.74) is 6.78. The van der Waals surface area contributed by atoms with E-state index in [0.717, 1.165) is 27.1 Å². The number of H-pyrrole nitrogens is 2. The molecule has 3 nitrogen and oxygen atoms in total. The van der Waals surface area contributed by atoms with Gasteiger partial charge in [-0.25, -0.2) is 0 Å². The van der Waals surface area contributed by atoms with E-state index in [-0.39, 0.29) is 22.5 Å². The average molecular weight is 643 g/mol. The van der Waals surface area contributed by atoms with Gasteiger partial charge in [0, 0.05) is 20.5 Å². The van der Waals surface area contributed by atoms with E-state index in [2.05, 4.69) is 139 Å². The Morgan fingerprint density at radius 3 is 1.83 bits per heavy atom. The molecule has 4 aromatic rings. The van der Waals surface area contributed by atoms with Crippen molar-refractivity contribution in [3.05, 3.63) is 114 Å². The Morgan fingerprint density at radius 2 is 1.31 bits per heavy atom. The minimum Gasteiger partial charge on any atom is -0.355 e. The number of aromatic amines is 2. The van der Waals surface area contributed by atoms with E-state index in [1.54, 1.807) is 0 Å². The number of hydrogen-bond acceptors (Lipinski definition) is 1. The number of carbonyl (C=O) groups excluding carboxylic acids is 1. The van der Waals surface area contributed by atoms with Gasteiger partial charge in [-0.15, -0.1) is 0 Å². The summed E-state index contributed by atoms with van der Waals surface area (Å²) in [7, 11) is 0. The molecule has 35 heavy (non-hydrogen) atoms. The van der Waals surface area contributed by atoms with Crippen LogP contribution in [-0.4, -0.2) is 15.8 Å². The van der Waals surface area contributed by atoms with Crippen molar-refractivity contribution >= 4 is 44.3 Å². The lowest BCUT2D eigenvalue weighted by molar-refractivity contribution is 0.103. The van der Waals surface area contributed by atoms with Gasteiger partial charge in [0.2, 0.25) is 5.78 Å². The molecule has 0 radical (unpaired) electrons. The molecule has 1 unspecified atom stereocenters. The molecule has 0 aliphatic rings. The molecular weight excluding hydrogens is 611 g/mol. The van der Waals surface area contributed by atoms with Gasteiger partial charge in [0.15, 0.2) is 0 Å². The molecule has 0 bridgehead atoms. The summed E-state index contributed by atoms with van der Waals surface area (Å²) in [5.74, 6) is -0.0206. The molecule has 4 rings (SSSR count). The summed E-state index contributed by atoms with van der Waals surface area (Å²) in [6.07, 6.45) is 0. The van der Waals surface area contributed by atoms with Gasteiger partial charge in [0.1, 0.15) is 0 Å². The van der Waals surface area contributed by atoms with Crippen LogP contribution in [0.4, 0.5) is 0 Å². The molecule has 0 amide bonds. The van der Waals surface area contributed by atoms with E-state index in [0.29, 0.717) is 5.69 Å². The molecule has 2 heterocycles. The highest BCUT2D eigenvalue weighted by Crippen LogP contribution is 2.34. The van der Waals surface area contributed by atoms with Crippen molar-refractivity contribution < 1.29 is 4.79 Å². The van der Waals surface area contributed by atoms with Crippen LogP contribution >= 0.6 is 38.5 Å². The van der Waals surface area contributed by atoms with Crippen molar-refractivity contribution in [2.75, 3.05) is 0 Å². The molecule has 2 aromatic carbocycles. The minimum absolute atomic E-state index is 0.0156. The van der Waals surface area contributed by atoms with Crippen LogP contribution in [0.5, 0.6) is 0 Å². The van der Waals surface area contributed by atoms with Crippen molar-refractivity contribution in [1.82, 2.24) is 9.97 Å². The van der Waals surface area contributed by atoms with Crippen molar-refractivity contribution in [2.24, 2.45) is 0 Å². The number of halogens is 2. The van der Waals surface area contributed by atoms with Gasteiger partial charge in [0.05, 0.1) is 16.2 Å². The number of ketones is 1. The summed E-state index contributed by atoms with van der Waals surface area (Å²) < 4.78 is 2.12. The van der Waals surface area contributed by atoms with E-state index in [4.69, 9.17) is 0 Å². The number of benzene rings is 2.